The van der Waals surface area contributed by atoms with Gasteiger partial charge < -0.3 is 23.7 Å². The molecular weight excluding hydrogens is 752 g/mol. The predicted molar refractivity (Wildman–Crippen MR) is 206 cm³/mol. The smallest absolute Gasteiger partial charge is 0.410 e. The van der Waals surface area contributed by atoms with E-state index >= 15 is 0 Å². The van der Waals surface area contributed by atoms with Gasteiger partial charge in [0, 0.05) is 51.0 Å². The van der Waals surface area contributed by atoms with Gasteiger partial charge in [0.2, 0.25) is 0 Å². The van der Waals surface area contributed by atoms with Crippen molar-refractivity contribution in [3.63, 3.8) is 0 Å². The predicted octanol–water partition coefficient (Wildman–Crippen LogP) is 8.04. The van der Waals surface area contributed by atoms with Crippen LogP contribution in [-0.4, -0.2) is 101 Å². The quantitative estimate of drug-likeness (QED) is 0.177. The number of aromatic nitrogens is 6. The van der Waals surface area contributed by atoms with E-state index in [0.717, 1.165) is 95.5 Å². The molecule has 0 radical (unpaired) electrons. The van der Waals surface area contributed by atoms with Crippen LogP contribution in [0, 0.1) is 11.8 Å². The highest BCUT2D eigenvalue weighted by molar-refractivity contribution is 9.10. The zero-order valence-corrected chi connectivity index (χ0v) is 34.2. The van der Waals surface area contributed by atoms with Crippen LogP contribution in [0.1, 0.15) is 78.6 Å². The fourth-order valence-corrected chi connectivity index (χ4v) is 7.91. The summed E-state index contributed by atoms with van der Waals surface area (Å²) in [6.07, 6.45) is 19.2. The van der Waals surface area contributed by atoms with Gasteiger partial charge in [0.05, 0.1) is 17.6 Å². The Morgan fingerprint density at radius 1 is 0.804 bits per heavy atom. The van der Waals surface area contributed by atoms with Gasteiger partial charge in [0.25, 0.3) is 0 Å². The molecule has 0 aliphatic carbocycles. The number of thioether (sulfide) groups is 2. The van der Waals surface area contributed by atoms with Crippen molar-refractivity contribution in [2.45, 2.75) is 101 Å². The second-order valence-electron chi connectivity index (χ2n) is 15.2. The Morgan fingerprint density at radius 2 is 1.31 bits per heavy atom. The topological polar surface area (TPSA) is 119 Å². The Labute approximate surface area is 318 Å². The first-order chi connectivity index (χ1) is 24.1. The lowest BCUT2D eigenvalue weighted by molar-refractivity contribution is 0.0156. The van der Waals surface area contributed by atoms with Gasteiger partial charge in [-0.2, -0.15) is 0 Å². The second-order valence-corrected chi connectivity index (χ2v) is 17.6. The van der Waals surface area contributed by atoms with E-state index in [1.165, 1.54) is 0 Å². The summed E-state index contributed by atoms with van der Waals surface area (Å²) in [6.45, 7) is 14.4. The van der Waals surface area contributed by atoms with Crippen molar-refractivity contribution < 1.29 is 19.1 Å². The lowest BCUT2D eigenvalue weighted by atomic mass is 9.94. The van der Waals surface area contributed by atoms with E-state index in [1.54, 1.807) is 35.9 Å². The van der Waals surface area contributed by atoms with Crippen molar-refractivity contribution in [1.29, 1.82) is 0 Å². The number of hydrogen-bond donors (Lipinski definition) is 0. The van der Waals surface area contributed by atoms with Gasteiger partial charge in [-0.3, -0.25) is 4.40 Å². The van der Waals surface area contributed by atoms with Crippen molar-refractivity contribution in [1.82, 2.24) is 38.5 Å². The molecule has 6 rings (SSSR count). The van der Waals surface area contributed by atoms with E-state index in [0.29, 0.717) is 18.4 Å². The summed E-state index contributed by atoms with van der Waals surface area (Å²) in [5, 5.41) is 1.87. The number of piperidine rings is 2. The van der Waals surface area contributed by atoms with Crippen LogP contribution in [0.3, 0.4) is 0 Å². The molecule has 2 aliphatic rings. The van der Waals surface area contributed by atoms with E-state index in [1.807, 2.05) is 85.0 Å². The molecule has 2 atom stereocenters. The molecule has 2 unspecified atom stereocenters. The molecule has 0 bridgehead atoms. The van der Waals surface area contributed by atoms with E-state index in [-0.39, 0.29) is 12.2 Å². The van der Waals surface area contributed by atoms with Crippen LogP contribution in [0.5, 0.6) is 0 Å². The van der Waals surface area contributed by atoms with Crippen LogP contribution in [-0.2, 0) is 22.3 Å². The Bertz CT molecular complexity index is 1820. The highest BCUT2D eigenvalue weighted by Crippen LogP contribution is 2.27. The van der Waals surface area contributed by atoms with Gasteiger partial charge in [0.1, 0.15) is 25.9 Å². The summed E-state index contributed by atoms with van der Waals surface area (Å²) in [5.74, 6) is 0.794. The van der Waals surface area contributed by atoms with Gasteiger partial charge in [-0.1, -0.05) is 0 Å². The second kappa shape index (κ2) is 16.7. The molecule has 0 spiro atoms. The van der Waals surface area contributed by atoms with Gasteiger partial charge >= 0.3 is 12.2 Å². The number of fused-ring (bicyclic) bond motifs is 2. The molecule has 0 aromatic carbocycles. The fraction of sp³-hybridized carbons (Fsp3) is 0.611. The van der Waals surface area contributed by atoms with Crippen LogP contribution in [0.2, 0.25) is 0 Å². The molecule has 0 saturated carbocycles. The summed E-state index contributed by atoms with van der Waals surface area (Å²) in [7, 11) is 0. The molecule has 4 aromatic rings. The van der Waals surface area contributed by atoms with Crippen molar-refractivity contribution in [3.05, 3.63) is 47.0 Å². The Kier molecular flexibility index (Phi) is 12.9. The number of ether oxygens (including phenoxy) is 2. The molecule has 2 fully saturated rings. The first kappa shape index (κ1) is 39.2. The molecule has 15 heteroatoms. The molecule has 51 heavy (non-hydrogen) atoms. The normalized spacial score (nSPS) is 18.5. The van der Waals surface area contributed by atoms with Crippen molar-refractivity contribution in [2.75, 3.05) is 38.7 Å². The lowest BCUT2D eigenvalue weighted by Gasteiger charge is -2.34. The SMILES string of the molecule is CSc1nc(CC2CCCN(C(=O)OC(C)(C)C)C2)cn2c(Br)cnc12.CSc1nc(CC2CCCN(C(=O)OC(C)(C)C)C2)cn2ccnc12. The lowest BCUT2D eigenvalue weighted by Crippen LogP contribution is -2.43. The average molecular weight is 804 g/mol. The van der Waals surface area contributed by atoms with Crippen LogP contribution in [0.15, 0.2) is 45.6 Å². The van der Waals surface area contributed by atoms with Crippen LogP contribution >= 0.6 is 39.5 Å². The molecule has 0 N–H and O–H groups in total. The minimum absolute atomic E-state index is 0.208. The average Bonchev–Trinajstić information content (AvgIpc) is 3.69. The summed E-state index contributed by atoms with van der Waals surface area (Å²) < 4.78 is 16.0. The highest BCUT2D eigenvalue weighted by atomic mass is 79.9. The van der Waals surface area contributed by atoms with Gasteiger partial charge in [-0.05, 0) is 120 Å². The Hall–Kier alpha value is -3.04. The minimum Gasteiger partial charge on any atom is -0.444 e. The van der Waals surface area contributed by atoms with Gasteiger partial charge in [-0.25, -0.2) is 29.5 Å². The number of imidazole rings is 2. The molecule has 6 heterocycles. The fourth-order valence-electron chi connectivity index (χ4n) is 6.44. The molecule has 12 nitrogen and oxygen atoms in total. The van der Waals surface area contributed by atoms with Crippen LogP contribution < -0.4 is 0 Å². The summed E-state index contributed by atoms with van der Waals surface area (Å²) in [4.78, 5) is 46.7. The molecule has 2 aliphatic heterocycles. The monoisotopic (exact) mass is 802 g/mol. The maximum atomic E-state index is 12.4. The van der Waals surface area contributed by atoms with E-state index in [4.69, 9.17) is 19.4 Å². The number of carbonyl (C=O) groups is 2. The van der Waals surface area contributed by atoms with Crippen molar-refractivity contribution in [3.8, 4) is 0 Å². The number of halogens is 1. The molecule has 4 aromatic heterocycles. The van der Waals surface area contributed by atoms with Gasteiger partial charge in [0.15, 0.2) is 11.3 Å². The summed E-state index contributed by atoms with van der Waals surface area (Å²) in [5.41, 5.74) is 2.92. The van der Waals surface area contributed by atoms with E-state index < -0.39 is 11.2 Å². The Balaban J connectivity index is 0.000000198. The standard InChI is InChI=1S/C18H25BrN4O2S.C18H26N4O2S/c1-18(2,3)25-17(24)22-7-5-6-12(10-22)8-13-11-23-14(19)9-20-15(23)16(21-13)26-4;1-18(2,3)24-17(23)22-8-5-6-13(11-22)10-14-12-21-9-7-19-15(21)16(20-14)25-4/h9,11-12H,5-8,10H2,1-4H3;7,9,12-13H,5-6,8,10-11H2,1-4H3. The maximum absolute atomic E-state index is 12.4. The first-order valence-corrected chi connectivity index (χ1v) is 20.8. The number of amides is 2. The third kappa shape index (κ3) is 10.8. The largest absolute Gasteiger partial charge is 0.444 e. The zero-order valence-electron chi connectivity index (χ0n) is 31.0. The first-order valence-electron chi connectivity index (χ1n) is 17.5. The molecule has 2 amide bonds. The zero-order chi connectivity index (χ0) is 36.9. The third-order valence-corrected chi connectivity index (χ3v) is 10.5. The van der Waals surface area contributed by atoms with Crippen molar-refractivity contribution >= 4 is 62.9 Å². The number of likely N-dealkylation sites (tertiary alicyclic amines) is 2. The van der Waals surface area contributed by atoms with E-state index in [9.17, 15) is 9.59 Å². The van der Waals surface area contributed by atoms with E-state index in [2.05, 4.69) is 32.1 Å². The Morgan fingerprint density at radius 3 is 1.82 bits per heavy atom. The molecule has 278 valence electrons. The third-order valence-electron chi connectivity index (χ3n) is 8.58. The van der Waals surface area contributed by atoms with Gasteiger partial charge in [-0.15, -0.1) is 23.5 Å². The van der Waals surface area contributed by atoms with Crippen LogP contribution in [0.25, 0.3) is 11.3 Å². The molecular formula is C36H51BrN8O4S2. The minimum atomic E-state index is -0.461. The highest BCUT2D eigenvalue weighted by Gasteiger charge is 2.29. The van der Waals surface area contributed by atoms with Crippen molar-refractivity contribution in [2.24, 2.45) is 11.8 Å². The summed E-state index contributed by atoms with van der Waals surface area (Å²) in [6, 6.07) is 0. The molecule has 2 saturated heterocycles. The number of rotatable bonds is 6. The number of carbonyl (C=O) groups excluding carboxylic acids is 2. The van der Waals surface area contributed by atoms with Crippen LogP contribution in [0.4, 0.5) is 9.59 Å². The summed E-state index contributed by atoms with van der Waals surface area (Å²) >= 11 is 6.75. The maximum Gasteiger partial charge on any atom is 0.410 e. The number of nitrogens with zero attached hydrogens (tertiary/aromatic N) is 8. The number of hydrogen-bond acceptors (Lipinski definition) is 10.